The second-order valence-corrected chi connectivity index (χ2v) is 8.18. The number of likely N-dealkylation sites (tertiary alicyclic amines) is 1. The molecule has 31 heavy (non-hydrogen) atoms. The minimum atomic E-state index is -0.709. The summed E-state index contributed by atoms with van der Waals surface area (Å²) in [5, 5.41) is 11.1. The fraction of sp³-hybridized carbons (Fsp3) is 0.333. The summed E-state index contributed by atoms with van der Waals surface area (Å²) >= 11 is 3.41. The molecule has 0 radical (unpaired) electrons. The number of benzene rings is 2. The van der Waals surface area contributed by atoms with Crippen LogP contribution in [-0.2, 0) is 14.3 Å². The zero-order chi connectivity index (χ0) is 22.4. The molecule has 1 heterocycles. The predicted molar refractivity (Wildman–Crippen MR) is 122 cm³/mol. The van der Waals surface area contributed by atoms with Gasteiger partial charge < -0.3 is 19.5 Å². The number of methoxy groups -OCH3 is 1. The molecule has 6 nitrogen and oxygen atoms in total. The maximum atomic E-state index is 12.9. The molecule has 1 fully saturated rings. The normalized spacial score (nSPS) is 17.9. The number of unbranched alkanes of at least 4 members (excludes halogenated alkanes) is 1. The van der Waals surface area contributed by atoms with E-state index in [0.717, 1.165) is 22.9 Å². The zero-order valence-corrected chi connectivity index (χ0v) is 19.2. The van der Waals surface area contributed by atoms with Crippen LogP contribution < -0.4 is 4.74 Å². The van der Waals surface area contributed by atoms with Gasteiger partial charge in [0.25, 0.3) is 11.7 Å². The van der Waals surface area contributed by atoms with Gasteiger partial charge in [0.1, 0.15) is 11.5 Å². The Kier molecular flexibility index (Phi) is 7.87. The SMILES string of the molecule is CCCCOc1cccc(/C(O)=C2\C(=O)C(=O)N(CCOC)C2c2ccc(Br)cc2)c1. The smallest absolute Gasteiger partial charge is 0.295 e. The highest BCUT2D eigenvalue weighted by atomic mass is 79.9. The first-order valence-electron chi connectivity index (χ1n) is 10.2. The van der Waals surface area contributed by atoms with Crippen LogP contribution in [0.2, 0.25) is 0 Å². The summed E-state index contributed by atoms with van der Waals surface area (Å²) in [5.74, 6) is -0.973. The largest absolute Gasteiger partial charge is 0.507 e. The van der Waals surface area contributed by atoms with Crippen LogP contribution in [0.25, 0.3) is 5.76 Å². The van der Waals surface area contributed by atoms with Gasteiger partial charge in [-0.3, -0.25) is 9.59 Å². The molecule has 1 aliphatic rings. The average Bonchev–Trinajstić information content (AvgIpc) is 3.03. The van der Waals surface area contributed by atoms with Gasteiger partial charge in [0.05, 0.1) is 24.8 Å². The molecule has 1 saturated heterocycles. The molecule has 0 aromatic heterocycles. The van der Waals surface area contributed by atoms with Crippen molar-refractivity contribution in [3.8, 4) is 5.75 Å². The summed E-state index contributed by atoms with van der Waals surface area (Å²) < 4.78 is 11.7. The highest BCUT2D eigenvalue weighted by Gasteiger charge is 2.45. The number of aliphatic hydroxyl groups excluding tert-OH is 1. The average molecular weight is 488 g/mol. The molecule has 0 bridgehead atoms. The van der Waals surface area contributed by atoms with E-state index in [2.05, 4.69) is 22.9 Å². The van der Waals surface area contributed by atoms with Crippen molar-refractivity contribution >= 4 is 33.4 Å². The molecule has 3 rings (SSSR count). The van der Waals surface area contributed by atoms with Crippen LogP contribution in [0.5, 0.6) is 5.75 Å². The lowest BCUT2D eigenvalue weighted by Crippen LogP contribution is -2.32. The van der Waals surface area contributed by atoms with Gasteiger partial charge in [-0.25, -0.2) is 0 Å². The van der Waals surface area contributed by atoms with E-state index in [1.165, 1.54) is 12.0 Å². The number of rotatable bonds is 9. The first kappa shape index (κ1) is 23.0. The Morgan fingerprint density at radius 3 is 2.55 bits per heavy atom. The van der Waals surface area contributed by atoms with E-state index in [0.29, 0.717) is 17.9 Å². The van der Waals surface area contributed by atoms with Gasteiger partial charge in [0.2, 0.25) is 0 Å². The third kappa shape index (κ3) is 5.17. The van der Waals surface area contributed by atoms with E-state index < -0.39 is 17.7 Å². The minimum Gasteiger partial charge on any atom is -0.507 e. The quantitative estimate of drug-likeness (QED) is 0.240. The molecule has 2 aromatic rings. The second-order valence-electron chi connectivity index (χ2n) is 7.27. The van der Waals surface area contributed by atoms with E-state index in [4.69, 9.17) is 9.47 Å². The van der Waals surface area contributed by atoms with Crippen molar-refractivity contribution in [2.75, 3.05) is 26.9 Å². The third-order valence-corrected chi connectivity index (χ3v) is 5.66. The Hall–Kier alpha value is -2.64. The predicted octanol–water partition coefficient (Wildman–Crippen LogP) is 4.70. The van der Waals surface area contributed by atoms with Gasteiger partial charge in [-0.15, -0.1) is 0 Å². The lowest BCUT2D eigenvalue weighted by atomic mass is 9.95. The zero-order valence-electron chi connectivity index (χ0n) is 17.6. The number of aliphatic hydroxyl groups is 1. The van der Waals surface area contributed by atoms with Crippen LogP contribution in [-0.4, -0.2) is 48.6 Å². The standard InChI is InChI=1S/C24H26BrNO5/c1-3-4-13-31-19-7-5-6-17(15-19)22(27)20-21(16-8-10-18(25)11-9-16)26(12-14-30-2)24(29)23(20)28/h5-11,15,21,27H,3-4,12-14H2,1-2H3/b22-20+. The summed E-state index contributed by atoms with van der Waals surface area (Å²) in [6.45, 7) is 3.16. The number of carbonyl (C=O) groups excluding carboxylic acids is 2. The van der Waals surface area contributed by atoms with Crippen LogP contribution in [0, 0.1) is 0 Å². The lowest BCUT2D eigenvalue weighted by Gasteiger charge is -2.25. The maximum Gasteiger partial charge on any atom is 0.295 e. The highest BCUT2D eigenvalue weighted by Crippen LogP contribution is 2.39. The summed E-state index contributed by atoms with van der Waals surface area (Å²) in [5.41, 5.74) is 1.23. The number of nitrogens with zero attached hydrogens (tertiary/aromatic N) is 1. The Bertz CT molecular complexity index is 970. The summed E-state index contributed by atoms with van der Waals surface area (Å²) in [7, 11) is 1.54. The topological polar surface area (TPSA) is 76.1 Å². The molecule has 1 amide bonds. The highest BCUT2D eigenvalue weighted by molar-refractivity contribution is 9.10. The van der Waals surface area contributed by atoms with E-state index in [1.54, 1.807) is 24.3 Å². The van der Waals surface area contributed by atoms with Crippen molar-refractivity contribution in [1.29, 1.82) is 0 Å². The van der Waals surface area contributed by atoms with Gasteiger partial charge in [-0.05, 0) is 36.2 Å². The van der Waals surface area contributed by atoms with Gasteiger partial charge >= 0.3 is 0 Å². The monoisotopic (exact) mass is 487 g/mol. The molecule has 164 valence electrons. The molecule has 1 N–H and O–H groups in total. The first-order valence-corrected chi connectivity index (χ1v) is 11.0. The number of Topliss-reactive ketones (excluding diaryl/α,β-unsaturated/α-hetero) is 1. The van der Waals surface area contributed by atoms with Crippen molar-refractivity contribution in [2.24, 2.45) is 0 Å². The number of hydrogen-bond acceptors (Lipinski definition) is 5. The summed E-state index contributed by atoms with van der Waals surface area (Å²) in [6, 6.07) is 13.6. The fourth-order valence-corrected chi connectivity index (χ4v) is 3.78. The minimum absolute atomic E-state index is 0.0640. The van der Waals surface area contributed by atoms with Crippen LogP contribution in [0.4, 0.5) is 0 Å². The molecule has 1 aliphatic heterocycles. The van der Waals surface area contributed by atoms with Crippen LogP contribution >= 0.6 is 15.9 Å². The second kappa shape index (κ2) is 10.6. The lowest BCUT2D eigenvalue weighted by molar-refractivity contribution is -0.140. The summed E-state index contributed by atoms with van der Waals surface area (Å²) in [6.07, 6.45) is 1.93. The Morgan fingerprint density at radius 2 is 1.87 bits per heavy atom. The Balaban J connectivity index is 2.05. The molecular formula is C24H26BrNO5. The van der Waals surface area contributed by atoms with E-state index >= 15 is 0 Å². The molecule has 0 saturated carbocycles. The van der Waals surface area contributed by atoms with Gasteiger partial charge in [-0.1, -0.05) is 53.5 Å². The third-order valence-electron chi connectivity index (χ3n) is 5.14. The van der Waals surface area contributed by atoms with Crippen LogP contribution in [0.15, 0.2) is 58.6 Å². The molecule has 0 aliphatic carbocycles. The van der Waals surface area contributed by atoms with Gasteiger partial charge in [-0.2, -0.15) is 0 Å². The van der Waals surface area contributed by atoms with Crippen molar-refractivity contribution < 1.29 is 24.2 Å². The number of ether oxygens (including phenoxy) is 2. The fourth-order valence-electron chi connectivity index (χ4n) is 3.51. The van der Waals surface area contributed by atoms with Gasteiger partial charge in [0, 0.05) is 23.7 Å². The Labute approximate surface area is 190 Å². The van der Waals surface area contributed by atoms with Crippen molar-refractivity contribution in [3.05, 3.63) is 69.7 Å². The molecule has 0 spiro atoms. The molecule has 7 heteroatoms. The Morgan fingerprint density at radius 1 is 1.13 bits per heavy atom. The first-order chi connectivity index (χ1) is 15.0. The van der Waals surface area contributed by atoms with Gasteiger partial charge in [0.15, 0.2) is 0 Å². The molecule has 1 unspecified atom stereocenters. The number of halogens is 1. The number of amides is 1. The van der Waals surface area contributed by atoms with Crippen LogP contribution in [0.3, 0.4) is 0 Å². The molecule has 2 aromatic carbocycles. The van der Waals surface area contributed by atoms with Crippen LogP contribution in [0.1, 0.15) is 36.9 Å². The molecular weight excluding hydrogens is 462 g/mol. The summed E-state index contributed by atoms with van der Waals surface area (Å²) in [4.78, 5) is 27.2. The van der Waals surface area contributed by atoms with Crippen molar-refractivity contribution in [1.82, 2.24) is 4.90 Å². The van der Waals surface area contributed by atoms with Crippen molar-refractivity contribution in [2.45, 2.75) is 25.8 Å². The van der Waals surface area contributed by atoms with E-state index in [1.807, 2.05) is 24.3 Å². The number of hydrogen-bond donors (Lipinski definition) is 1. The number of carbonyl (C=O) groups is 2. The number of ketones is 1. The maximum absolute atomic E-state index is 12.9. The van der Waals surface area contributed by atoms with E-state index in [9.17, 15) is 14.7 Å². The molecule has 1 atom stereocenters. The van der Waals surface area contributed by atoms with E-state index in [-0.39, 0.29) is 24.5 Å². The van der Waals surface area contributed by atoms with Crippen molar-refractivity contribution in [3.63, 3.8) is 0 Å².